The summed E-state index contributed by atoms with van der Waals surface area (Å²) in [6.45, 7) is 0. The van der Waals surface area contributed by atoms with Crippen LogP contribution in [0.4, 0.5) is 0 Å². The first-order valence-electron chi connectivity index (χ1n) is 5.24. The van der Waals surface area contributed by atoms with Crippen LogP contribution in [0, 0.1) is 0 Å². The molecule has 0 saturated heterocycles. The number of rotatable bonds is 7. The summed E-state index contributed by atoms with van der Waals surface area (Å²) in [7, 11) is 45.1. The van der Waals surface area contributed by atoms with Gasteiger partial charge in [0.05, 0.1) is 0 Å². The third kappa shape index (κ3) is 5.41. The summed E-state index contributed by atoms with van der Waals surface area (Å²) < 4.78 is 0. The van der Waals surface area contributed by atoms with E-state index in [-0.39, 0.29) is 0 Å². The van der Waals surface area contributed by atoms with Crippen LogP contribution >= 0.6 is 12.1 Å². The van der Waals surface area contributed by atoms with Gasteiger partial charge in [-0.2, -0.15) is 0 Å². The van der Waals surface area contributed by atoms with E-state index in [1.54, 1.807) is 0 Å². The van der Waals surface area contributed by atoms with Crippen molar-refractivity contribution in [3.8, 4) is 0 Å². The van der Waals surface area contributed by atoms with Gasteiger partial charge in [-0.3, -0.25) is 0 Å². The van der Waals surface area contributed by atoms with E-state index in [9.17, 15) is 0 Å². The Bertz CT molecular complexity index is 180. The minimum atomic E-state index is -0.765. The van der Waals surface area contributed by atoms with Crippen LogP contribution in [0.25, 0.3) is 0 Å². The Morgan fingerprint density at radius 3 is 0.941 bits per heavy atom. The predicted octanol–water partition coefficient (Wildman–Crippen LogP) is -5.44. The molecule has 0 aliphatic heterocycles. The van der Waals surface area contributed by atoms with E-state index in [1.807, 2.05) is 0 Å². The van der Waals surface area contributed by atoms with Gasteiger partial charge in [0.25, 0.3) is 0 Å². The van der Waals surface area contributed by atoms with E-state index >= 15 is 0 Å². The third-order valence-corrected chi connectivity index (χ3v) is 3.14. The molecule has 0 heterocycles. The molecule has 0 bridgehead atoms. The molecule has 54 valence electrons. The molecule has 0 spiro atoms. The summed E-state index contributed by atoms with van der Waals surface area (Å²) in [4.78, 5) is 0. The molecule has 17 heavy (non-hydrogen) atoms. The second-order valence-electron chi connectivity index (χ2n) is 4.18. The summed E-state index contributed by atoms with van der Waals surface area (Å²) in [5, 5.41) is 0. The average Bonchev–Trinajstić information content (AvgIpc) is 2.13. The van der Waals surface area contributed by atoms with Crippen LogP contribution in [0.2, 0.25) is 0 Å². The second kappa shape index (κ2) is 8.43. The van der Waals surface area contributed by atoms with Crippen molar-refractivity contribution in [3.05, 3.63) is 0 Å². The van der Waals surface area contributed by atoms with Gasteiger partial charge in [-0.05, 0) is 0 Å². The summed E-state index contributed by atoms with van der Waals surface area (Å²) in [6, 6.07) is 1.42. The minimum absolute atomic E-state index is 0.426. The SMILES string of the molecule is [B]B([B])B(B([B])[B])B(B=S)B(B([B])[B])B([B])[B]. The molecule has 0 aromatic heterocycles. The average molecular weight is 205 g/mol. The Hall–Kier alpha value is 1.26. The molecule has 0 aromatic carbocycles. The Labute approximate surface area is 124 Å². The van der Waals surface area contributed by atoms with Gasteiger partial charge in [-0.1, -0.05) is 0 Å². The Morgan fingerprint density at radius 1 is 0.588 bits per heavy atom. The zero-order chi connectivity index (χ0) is 13.7. The van der Waals surface area contributed by atoms with Gasteiger partial charge in [0.1, 0.15) is 0 Å². The third-order valence-electron chi connectivity index (χ3n) is 2.82. The molecule has 0 nitrogen and oxygen atoms in total. The van der Waals surface area contributed by atoms with Gasteiger partial charge < -0.3 is 0 Å². The van der Waals surface area contributed by atoms with Gasteiger partial charge in [-0.25, -0.2) is 0 Å². The van der Waals surface area contributed by atoms with Crippen molar-refractivity contribution in [2.45, 2.75) is 0 Å². The molecule has 0 atom stereocenters. The predicted molar refractivity (Wildman–Crippen MR) is 99.7 cm³/mol. The summed E-state index contributed by atoms with van der Waals surface area (Å²) in [5.41, 5.74) is 0. The maximum absolute atomic E-state index is 5.64. The Kier molecular flexibility index (Phi) is 9.06. The van der Waals surface area contributed by atoms with Crippen molar-refractivity contribution in [2.24, 2.45) is 0 Å². The molecule has 0 N–H and O–H groups in total. The van der Waals surface area contributed by atoms with Crippen molar-refractivity contribution in [2.75, 3.05) is 0 Å². The molecular weight excluding hydrogens is 205 g/mol. The molecule has 17 heteroatoms. The van der Waals surface area contributed by atoms with Crippen LogP contribution in [-0.2, 0) is 0 Å². The van der Waals surface area contributed by atoms with Crippen LogP contribution in [0.15, 0.2) is 0 Å². The first kappa shape index (κ1) is 18.3. The van der Waals surface area contributed by atoms with Gasteiger partial charge in [0.15, 0.2) is 0 Å². The number of hydrogen-bond acceptors (Lipinski definition) is 1. The second-order valence-corrected chi connectivity index (χ2v) is 4.45. The van der Waals surface area contributed by atoms with Crippen LogP contribution in [0.3, 0.4) is 0 Å². The zero-order valence-electron chi connectivity index (χ0n) is 9.65. The fraction of sp³-hybridized carbons (Fsp3) is 0. The van der Waals surface area contributed by atoms with E-state index in [1.165, 1.54) is 6.05 Å². The van der Waals surface area contributed by atoms with Crippen LogP contribution < -0.4 is 0 Å². The summed E-state index contributed by atoms with van der Waals surface area (Å²) in [5.74, 6) is 0. The maximum atomic E-state index is 5.64. The molecule has 0 aromatic rings. The molecule has 16 radical (unpaired) electrons. The first-order valence-corrected chi connectivity index (χ1v) is 5.71. The van der Waals surface area contributed by atoms with E-state index in [0.29, 0.717) is 0 Å². The number of hydrogen-bond donors (Lipinski definition) is 0. The fourth-order valence-electron chi connectivity index (χ4n) is 1.98. The molecule has 0 unspecified atom stereocenters. The summed E-state index contributed by atoms with van der Waals surface area (Å²) >= 11 is 4.93. The van der Waals surface area contributed by atoms with E-state index in [4.69, 9.17) is 74.0 Å². The van der Waals surface area contributed by atoms with E-state index in [2.05, 4.69) is 0 Å². The van der Waals surface area contributed by atoms with Crippen LogP contribution in [0.5, 0.6) is 0 Å². The topological polar surface area (TPSA) is 0 Å². The fourth-order valence-corrected chi connectivity index (χ4v) is 2.34. The normalized spacial score (nSPS) is 8.71. The monoisotopic (exact) mass is 208 g/mol. The Morgan fingerprint density at radius 2 is 0.824 bits per heavy atom. The molecule has 0 aliphatic carbocycles. The van der Waals surface area contributed by atoms with Gasteiger partial charge in [0, 0.05) is 0 Å². The van der Waals surface area contributed by atoms with E-state index < -0.39 is 44.7 Å². The summed E-state index contributed by atoms with van der Waals surface area (Å²) in [6.07, 6.45) is -4.48. The van der Waals surface area contributed by atoms with Gasteiger partial charge in [-0.15, -0.1) is 0 Å². The quantitative estimate of drug-likeness (QED) is 0.374. The van der Waals surface area contributed by atoms with E-state index in [0.717, 1.165) is 0 Å². The molecule has 0 aliphatic rings. The molecule has 0 amide bonds. The molecule has 0 fully saturated rings. The van der Waals surface area contributed by atoms with Crippen molar-refractivity contribution < 1.29 is 0 Å². The standard InChI is InChI=1S/B16S/c1-10(2)15(11(3)4)14(9-17)16(12(5)6)13(7)8. The van der Waals surface area contributed by atoms with Gasteiger partial charge >= 0.3 is 125 Å². The van der Waals surface area contributed by atoms with Crippen LogP contribution in [0.1, 0.15) is 0 Å². The van der Waals surface area contributed by atoms with Crippen molar-refractivity contribution >= 4 is 125 Å². The zero-order valence-corrected chi connectivity index (χ0v) is 10.5. The van der Waals surface area contributed by atoms with Crippen molar-refractivity contribution in [1.29, 1.82) is 0 Å². The molecule has 0 rings (SSSR count). The Balaban J connectivity index is 5.18. The molecule has 0 saturated carbocycles. The van der Waals surface area contributed by atoms with Crippen molar-refractivity contribution in [1.82, 2.24) is 0 Å². The van der Waals surface area contributed by atoms with Crippen molar-refractivity contribution in [3.63, 3.8) is 0 Å². The molecular formula is B16S. The first-order chi connectivity index (χ1) is 7.73. The van der Waals surface area contributed by atoms with Crippen LogP contribution in [-0.4, -0.2) is 113 Å². The van der Waals surface area contributed by atoms with Gasteiger partial charge in [0.2, 0.25) is 0 Å².